The summed E-state index contributed by atoms with van der Waals surface area (Å²) in [5, 5.41) is 0. The highest BCUT2D eigenvalue weighted by Gasteiger charge is 2.31. The molecule has 1 aromatic heterocycles. The summed E-state index contributed by atoms with van der Waals surface area (Å²) in [5.41, 5.74) is 6.39. The first-order valence-corrected chi connectivity index (χ1v) is 6.21. The first-order valence-electron chi connectivity index (χ1n) is 6.21. The molecule has 2 heterocycles. The molecule has 4 nitrogen and oxygen atoms in total. The second kappa shape index (κ2) is 4.92. The van der Waals surface area contributed by atoms with Crippen molar-refractivity contribution in [1.29, 1.82) is 0 Å². The number of rotatable bonds is 2. The molecule has 0 aliphatic carbocycles. The van der Waals surface area contributed by atoms with Gasteiger partial charge in [0.1, 0.15) is 12.0 Å². The van der Waals surface area contributed by atoms with E-state index in [1.54, 1.807) is 6.07 Å². The van der Waals surface area contributed by atoms with Gasteiger partial charge in [0.05, 0.1) is 5.56 Å². The Hall–Kier alpha value is -1.29. The SMILES string of the molecule is Cc1cc(C(=O)N2C(C)CCCC2CN)co1. The van der Waals surface area contributed by atoms with E-state index in [1.165, 1.54) is 6.26 Å². The van der Waals surface area contributed by atoms with Gasteiger partial charge in [-0.3, -0.25) is 4.79 Å². The van der Waals surface area contributed by atoms with Crippen LogP contribution in [0.25, 0.3) is 0 Å². The number of amides is 1. The Bertz CT molecular complexity index is 400. The van der Waals surface area contributed by atoms with Gasteiger partial charge >= 0.3 is 0 Å². The lowest BCUT2D eigenvalue weighted by atomic mass is 9.95. The summed E-state index contributed by atoms with van der Waals surface area (Å²) in [6.45, 7) is 4.47. The average molecular weight is 236 g/mol. The molecule has 1 fully saturated rings. The number of furan rings is 1. The van der Waals surface area contributed by atoms with Gasteiger partial charge in [0.15, 0.2) is 0 Å². The predicted octanol–water partition coefficient (Wildman–Crippen LogP) is 1.93. The summed E-state index contributed by atoms with van der Waals surface area (Å²) < 4.78 is 5.20. The van der Waals surface area contributed by atoms with Gasteiger partial charge in [-0.1, -0.05) is 0 Å². The van der Waals surface area contributed by atoms with Gasteiger partial charge < -0.3 is 15.1 Å². The van der Waals surface area contributed by atoms with Crippen molar-refractivity contribution in [2.45, 2.75) is 45.2 Å². The van der Waals surface area contributed by atoms with Crippen LogP contribution in [0.1, 0.15) is 42.3 Å². The fourth-order valence-electron chi connectivity index (χ4n) is 2.59. The van der Waals surface area contributed by atoms with Crippen LogP contribution in [0.4, 0.5) is 0 Å². The van der Waals surface area contributed by atoms with E-state index in [2.05, 4.69) is 6.92 Å². The molecule has 4 heteroatoms. The molecule has 0 spiro atoms. The summed E-state index contributed by atoms with van der Waals surface area (Å²) >= 11 is 0. The van der Waals surface area contributed by atoms with Crippen molar-refractivity contribution >= 4 is 5.91 Å². The van der Waals surface area contributed by atoms with Gasteiger partial charge in [-0.05, 0) is 39.2 Å². The van der Waals surface area contributed by atoms with E-state index in [-0.39, 0.29) is 18.0 Å². The smallest absolute Gasteiger partial charge is 0.257 e. The van der Waals surface area contributed by atoms with Crippen LogP contribution in [0.3, 0.4) is 0 Å². The average Bonchev–Trinajstić information content (AvgIpc) is 2.74. The van der Waals surface area contributed by atoms with Crippen molar-refractivity contribution in [1.82, 2.24) is 4.90 Å². The molecule has 94 valence electrons. The zero-order valence-electron chi connectivity index (χ0n) is 10.5. The Morgan fingerprint density at radius 3 is 2.94 bits per heavy atom. The topological polar surface area (TPSA) is 59.5 Å². The third kappa shape index (κ3) is 2.36. The Labute approximate surface area is 102 Å². The number of hydrogen-bond donors (Lipinski definition) is 1. The highest BCUT2D eigenvalue weighted by Crippen LogP contribution is 2.24. The molecule has 0 bridgehead atoms. The lowest BCUT2D eigenvalue weighted by molar-refractivity contribution is 0.0493. The van der Waals surface area contributed by atoms with Crippen LogP contribution in [-0.4, -0.2) is 29.4 Å². The van der Waals surface area contributed by atoms with E-state index in [0.29, 0.717) is 12.1 Å². The predicted molar refractivity (Wildman–Crippen MR) is 65.8 cm³/mol. The number of carbonyl (C=O) groups is 1. The van der Waals surface area contributed by atoms with E-state index in [9.17, 15) is 4.79 Å². The molecule has 0 radical (unpaired) electrons. The lowest BCUT2D eigenvalue weighted by Crippen LogP contribution is -2.51. The summed E-state index contributed by atoms with van der Waals surface area (Å²) in [6.07, 6.45) is 4.74. The Morgan fingerprint density at radius 2 is 2.35 bits per heavy atom. The number of carbonyl (C=O) groups excluding carboxylic acids is 1. The van der Waals surface area contributed by atoms with Crippen LogP contribution in [-0.2, 0) is 0 Å². The van der Waals surface area contributed by atoms with Gasteiger partial charge in [0.25, 0.3) is 5.91 Å². The molecule has 1 aliphatic rings. The Morgan fingerprint density at radius 1 is 1.59 bits per heavy atom. The first-order chi connectivity index (χ1) is 8.13. The number of nitrogens with zero attached hydrogens (tertiary/aromatic N) is 1. The van der Waals surface area contributed by atoms with Crippen molar-refractivity contribution in [3.63, 3.8) is 0 Å². The first kappa shape index (κ1) is 12.2. The minimum absolute atomic E-state index is 0.0458. The van der Waals surface area contributed by atoms with Crippen LogP contribution in [0.2, 0.25) is 0 Å². The molecule has 1 aromatic rings. The van der Waals surface area contributed by atoms with Crippen LogP contribution in [0.5, 0.6) is 0 Å². The highest BCUT2D eigenvalue weighted by atomic mass is 16.3. The third-order valence-electron chi connectivity index (χ3n) is 3.51. The van der Waals surface area contributed by atoms with Crippen molar-refractivity contribution in [3.05, 3.63) is 23.7 Å². The third-order valence-corrected chi connectivity index (χ3v) is 3.51. The molecular weight excluding hydrogens is 216 g/mol. The number of aryl methyl sites for hydroxylation is 1. The van der Waals surface area contributed by atoms with Gasteiger partial charge in [0.2, 0.25) is 0 Å². The van der Waals surface area contributed by atoms with Crippen molar-refractivity contribution in [2.75, 3.05) is 6.54 Å². The second-order valence-electron chi connectivity index (χ2n) is 4.83. The van der Waals surface area contributed by atoms with Gasteiger partial charge in [-0.15, -0.1) is 0 Å². The molecule has 2 unspecified atom stereocenters. The molecule has 1 saturated heterocycles. The Kier molecular flexibility index (Phi) is 3.52. The van der Waals surface area contributed by atoms with Gasteiger partial charge in [0, 0.05) is 18.6 Å². The maximum atomic E-state index is 12.4. The van der Waals surface area contributed by atoms with Crippen molar-refractivity contribution < 1.29 is 9.21 Å². The molecule has 1 amide bonds. The van der Waals surface area contributed by atoms with Crippen LogP contribution in [0, 0.1) is 6.92 Å². The van der Waals surface area contributed by atoms with Crippen LogP contribution >= 0.6 is 0 Å². The molecule has 17 heavy (non-hydrogen) atoms. The van der Waals surface area contributed by atoms with E-state index in [0.717, 1.165) is 25.0 Å². The number of likely N-dealkylation sites (tertiary alicyclic amines) is 1. The minimum atomic E-state index is 0.0458. The van der Waals surface area contributed by atoms with Crippen molar-refractivity contribution in [2.24, 2.45) is 5.73 Å². The standard InChI is InChI=1S/C13H20N2O2/c1-9-4-3-5-12(7-14)15(9)13(16)11-6-10(2)17-8-11/h6,8-9,12H,3-5,7,14H2,1-2H3. The Balaban J connectivity index is 2.21. The van der Waals surface area contributed by atoms with E-state index >= 15 is 0 Å². The fourth-order valence-corrected chi connectivity index (χ4v) is 2.59. The maximum absolute atomic E-state index is 12.4. The zero-order valence-corrected chi connectivity index (χ0v) is 10.5. The molecule has 0 saturated carbocycles. The fraction of sp³-hybridized carbons (Fsp3) is 0.615. The lowest BCUT2D eigenvalue weighted by Gasteiger charge is -2.40. The summed E-state index contributed by atoms with van der Waals surface area (Å²) in [4.78, 5) is 14.3. The quantitative estimate of drug-likeness (QED) is 0.853. The highest BCUT2D eigenvalue weighted by molar-refractivity contribution is 5.94. The van der Waals surface area contributed by atoms with E-state index < -0.39 is 0 Å². The summed E-state index contributed by atoms with van der Waals surface area (Å²) in [5.74, 6) is 0.812. The molecule has 2 rings (SSSR count). The maximum Gasteiger partial charge on any atom is 0.257 e. The number of hydrogen-bond acceptors (Lipinski definition) is 3. The second-order valence-corrected chi connectivity index (χ2v) is 4.83. The van der Waals surface area contributed by atoms with Crippen molar-refractivity contribution in [3.8, 4) is 0 Å². The minimum Gasteiger partial charge on any atom is -0.469 e. The van der Waals surface area contributed by atoms with E-state index in [1.807, 2.05) is 11.8 Å². The van der Waals surface area contributed by atoms with Gasteiger partial charge in [-0.25, -0.2) is 0 Å². The molecule has 2 atom stereocenters. The molecule has 2 N–H and O–H groups in total. The largest absolute Gasteiger partial charge is 0.469 e. The summed E-state index contributed by atoms with van der Waals surface area (Å²) in [6, 6.07) is 2.22. The molecular formula is C13H20N2O2. The number of nitrogens with two attached hydrogens (primary N) is 1. The van der Waals surface area contributed by atoms with Crippen LogP contribution in [0.15, 0.2) is 16.7 Å². The summed E-state index contributed by atoms with van der Waals surface area (Å²) in [7, 11) is 0. The zero-order chi connectivity index (χ0) is 12.4. The normalized spacial score (nSPS) is 25.0. The van der Waals surface area contributed by atoms with Gasteiger partial charge in [-0.2, -0.15) is 0 Å². The molecule has 1 aliphatic heterocycles. The monoisotopic (exact) mass is 236 g/mol. The van der Waals surface area contributed by atoms with E-state index in [4.69, 9.17) is 10.2 Å². The molecule has 0 aromatic carbocycles. The van der Waals surface area contributed by atoms with Crippen LogP contribution < -0.4 is 5.73 Å². The number of piperidine rings is 1.